The van der Waals surface area contributed by atoms with Crippen molar-refractivity contribution in [1.82, 2.24) is 4.98 Å². The summed E-state index contributed by atoms with van der Waals surface area (Å²) >= 11 is 6.14. The van der Waals surface area contributed by atoms with Crippen LogP contribution in [0.4, 0.5) is 4.39 Å². The van der Waals surface area contributed by atoms with Crippen LogP contribution in [0.15, 0.2) is 32.1 Å². The molecule has 0 unspecified atom stereocenters. The molecule has 1 aromatic carbocycles. The molecule has 0 amide bonds. The maximum atomic E-state index is 13.1. The summed E-state index contributed by atoms with van der Waals surface area (Å²) in [6.45, 7) is 0. The first kappa shape index (κ1) is 9.86. The van der Waals surface area contributed by atoms with E-state index in [-0.39, 0.29) is 9.90 Å². The molecule has 1 heterocycles. The Bertz CT molecular complexity index is 564. The Hall–Kier alpha value is -0.680. The van der Waals surface area contributed by atoms with Crippen molar-refractivity contribution in [2.24, 2.45) is 0 Å². The van der Waals surface area contributed by atoms with Crippen LogP contribution < -0.4 is 5.43 Å². The third-order valence-corrected chi connectivity index (χ3v) is 3.07. The molecule has 0 radical (unpaired) electrons. The summed E-state index contributed by atoms with van der Waals surface area (Å²) in [5.41, 5.74) is 0.332. The highest BCUT2D eigenvalue weighted by Gasteiger charge is 2.06. The van der Waals surface area contributed by atoms with Crippen LogP contribution in [0.5, 0.6) is 0 Å². The molecule has 0 saturated heterocycles. The van der Waals surface area contributed by atoms with Gasteiger partial charge in [-0.2, -0.15) is 0 Å². The van der Waals surface area contributed by atoms with Gasteiger partial charge >= 0.3 is 0 Å². The van der Waals surface area contributed by atoms with Crippen molar-refractivity contribution >= 4 is 42.8 Å². The Kier molecular flexibility index (Phi) is 2.45. The van der Waals surface area contributed by atoms with Crippen LogP contribution in [0.3, 0.4) is 0 Å². The molecule has 1 N–H and O–H groups in total. The van der Waals surface area contributed by atoms with E-state index in [2.05, 4.69) is 36.8 Å². The minimum absolute atomic E-state index is 0.153. The van der Waals surface area contributed by atoms with Crippen LogP contribution in [0.2, 0.25) is 0 Å². The number of hydrogen-bond donors (Lipinski definition) is 1. The number of rotatable bonds is 0. The van der Waals surface area contributed by atoms with Crippen molar-refractivity contribution in [2.45, 2.75) is 0 Å². The molecule has 0 aliphatic heterocycles. The van der Waals surface area contributed by atoms with Crippen molar-refractivity contribution in [1.29, 1.82) is 0 Å². The average molecular weight is 321 g/mol. The van der Waals surface area contributed by atoms with Gasteiger partial charge < -0.3 is 4.98 Å². The van der Waals surface area contributed by atoms with E-state index in [0.29, 0.717) is 15.4 Å². The Morgan fingerprint density at radius 3 is 2.64 bits per heavy atom. The van der Waals surface area contributed by atoms with Gasteiger partial charge in [0.1, 0.15) is 5.82 Å². The molecule has 0 spiro atoms. The van der Waals surface area contributed by atoms with Crippen LogP contribution in [0.25, 0.3) is 10.9 Å². The molecule has 1 aromatic heterocycles. The van der Waals surface area contributed by atoms with Crippen molar-refractivity contribution in [3.8, 4) is 0 Å². The van der Waals surface area contributed by atoms with Crippen molar-refractivity contribution in [2.75, 3.05) is 0 Å². The van der Waals surface area contributed by atoms with E-state index in [4.69, 9.17) is 0 Å². The Morgan fingerprint density at radius 1 is 1.21 bits per heavy atom. The van der Waals surface area contributed by atoms with Crippen LogP contribution in [0, 0.1) is 5.82 Å². The highest BCUT2D eigenvalue weighted by Crippen LogP contribution is 2.20. The smallest absolute Gasteiger partial charge is 0.203 e. The van der Waals surface area contributed by atoms with Crippen molar-refractivity contribution in [3.05, 3.63) is 43.3 Å². The zero-order valence-electron chi connectivity index (χ0n) is 6.77. The van der Waals surface area contributed by atoms with E-state index in [9.17, 15) is 9.18 Å². The standard InChI is InChI=1S/C9H4Br2FNO/c10-5-1-4-8(2-7(5)12)13-3-6(11)9(4)14/h1-3H,(H,13,14). The minimum atomic E-state index is -0.393. The molecule has 14 heavy (non-hydrogen) atoms. The number of halogens is 3. The van der Waals surface area contributed by atoms with Gasteiger partial charge in [0.25, 0.3) is 0 Å². The molecule has 0 saturated carbocycles. The fourth-order valence-electron chi connectivity index (χ4n) is 1.19. The molecule has 0 aliphatic carbocycles. The quantitative estimate of drug-likeness (QED) is 0.794. The second kappa shape index (κ2) is 3.47. The van der Waals surface area contributed by atoms with Gasteiger partial charge in [-0.1, -0.05) is 0 Å². The number of aromatic nitrogens is 1. The number of fused-ring (bicyclic) bond motifs is 1. The van der Waals surface area contributed by atoms with E-state index in [1.807, 2.05) is 0 Å². The van der Waals surface area contributed by atoms with Crippen LogP contribution >= 0.6 is 31.9 Å². The fraction of sp³-hybridized carbons (Fsp3) is 0. The summed E-state index contributed by atoms with van der Waals surface area (Å²) < 4.78 is 13.8. The molecule has 0 atom stereocenters. The maximum absolute atomic E-state index is 13.1. The lowest BCUT2D eigenvalue weighted by Crippen LogP contribution is -2.03. The molecule has 0 fully saturated rings. The van der Waals surface area contributed by atoms with E-state index in [1.165, 1.54) is 18.3 Å². The number of pyridine rings is 1. The zero-order valence-corrected chi connectivity index (χ0v) is 9.95. The molecular weight excluding hydrogens is 317 g/mol. The summed E-state index contributed by atoms with van der Waals surface area (Å²) in [4.78, 5) is 14.4. The number of aromatic amines is 1. The normalized spacial score (nSPS) is 10.8. The first-order valence-electron chi connectivity index (χ1n) is 3.75. The van der Waals surface area contributed by atoms with Gasteiger partial charge in [0.05, 0.1) is 14.5 Å². The van der Waals surface area contributed by atoms with E-state index in [1.54, 1.807) is 0 Å². The summed E-state index contributed by atoms with van der Waals surface area (Å²) in [6, 6.07) is 2.75. The molecular formula is C9H4Br2FNO. The number of benzene rings is 1. The van der Waals surface area contributed by atoms with Gasteiger partial charge in [-0.25, -0.2) is 4.39 Å². The van der Waals surface area contributed by atoms with Gasteiger partial charge in [0.15, 0.2) is 0 Å². The lowest BCUT2D eigenvalue weighted by Gasteiger charge is -2.00. The first-order valence-corrected chi connectivity index (χ1v) is 5.34. The Morgan fingerprint density at radius 2 is 1.93 bits per heavy atom. The molecule has 2 aromatic rings. The Labute approximate surface area is 95.4 Å². The van der Waals surface area contributed by atoms with Crippen LogP contribution in [-0.2, 0) is 0 Å². The first-order chi connectivity index (χ1) is 6.59. The summed E-state index contributed by atoms with van der Waals surface area (Å²) in [7, 11) is 0. The van der Waals surface area contributed by atoms with Gasteiger partial charge in [-0.15, -0.1) is 0 Å². The van der Waals surface area contributed by atoms with Crippen molar-refractivity contribution < 1.29 is 4.39 Å². The molecule has 2 rings (SSSR count). The fourth-order valence-corrected chi connectivity index (χ4v) is 1.86. The number of H-pyrrole nitrogens is 1. The van der Waals surface area contributed by atoms with Crippen LogP contribution in [0.1, 0.15) is 0 Å². The summed E-state index contributed by atoms with van der Waals surface area (Å²) in [6.07, 6.45) is 1.50. The van der Waals surface area contributed by atoms with E-state index in [0.717, 1.165) is 0 Å². The average Bonchev–Trinajstić information content (AvgIpc) is 2.15. The molecule has 72 valence electrons. The second-order valence-corrected chi connectivity index (χ2v) is 4.49. The van der Waals surface area contributed by atoms with E-state index >= 15 is 0 Å². The minimum Gasteiger partial charge on any atom is -0.360 e. The van der Waals surface area contributed by atoms with Gasteiger partial charge in [0, 0.05) is 11.6 Å². The molecule has 2 nitrogen and oxygen atoms in total. The van der Waals surface area contributed by atoms with Crippen LogP contribution in [-0.4, -0.2) is 4.98 Å². The SMILES string of the molecule is O=c1c(Br)c[nH]c2cc(F)c(Br)cc12. The lowest BCUT2D eigenvalue weighted by molar-refractivity contribution is 0.623. The third-order valence-electron chi connectivity index (χ3n) is 1.88. The monoisotopic (exact) mass is 319 g/mol. The largest absolute Gasteiger partial charge is 0.360 e. The third kappa shape index (κ3) is 1.50. The van der Waals surface area contributed by atoms with Gasteiger partial charge in [-0.05, 0) is 44.0 Å². The van der Waals surface area contributed by atoms with Gasteiger partial charge in [0.2, 0.25) is 5.43 Å². The lowest BCUT2D eigenvalue weighted by atomic mass is 10.2. The van der Waals surface area contributed by atoms with E-state index < -0.39 is 5.82 Å². The molecule has 0 aliphatic rings. The molecule has 5 heteroatoms. The summed E-state index contributed by atoms with van der Waals surface area (Å²) in [5.74, 6) is -0.393. The highest BCUT2D eigenvalue weighted by atomic mass is 79.9. The van der Waals surface area contributed by atoms with Crippen molar-refractivity contribution in [3.63, 3.8) is 0 Å². The number of hydrogen-bond acceptors (Lipinski definition) is 1. The second-order valence-electron chi connectivity index (χ2n) is 2.78. The van der Waals surface area contributed by atoms with Gasteiger partial charge in [-0.3, -0.25) is 4.79 Å². The summed E-state index contributed by atoms with van der Waals surface area (Å²) in [5, 5.41) is 0.452. The Balaban J connectivity index is 2.97. The zero-order chi connectivity index (χ0) is 10.3. The highest BCUT2D eigenvalue weighted by molar-refractivity contribution is 9.10. The predicted molar refractivity (Wildman–Crippen MR) is 59.9 cm³/mol. The maximum Gasteiger partial charge on any atom is 0.203 e. The number of nitrogens with one attached hydrogen (secondary N) is 1. The topological polar surface area (TPSA) is 32.9 Å². The molecule has 0 bridgehead atoms. The predicted octanol–water partition coefficient (Wildman–Crippen LogP) is 3.19.